The summed E-state index contributed by atoms with van der Waals surface area (Å²) in [7, 11) is 0. The van der Waals surface area contributed by atoms with E-state index in [9.17, 15) is 19.8 Å². The molecule has 0 bridgehead atoms. The van der Waals surface area contributed by atoms with Crippen molar-refractivity contribution < 1.29 is 19.8 Å². The van der Waals surface area contributed by atoms with Gasteiger partial charge in [0.1, 0.15) is 5.70 Å². The molecule has 0 radical (unpaired) electrons. The zero-order valence-electron chi connectivity index (χ0n) is 16.7. The highest BCUT2D eigenvalue weighted by atomic mass is 32.2. The minimum absolute atomic E-state index is 0.0192. The fourth-order valence-corrected chi connectivity index (χ4v) is 6.88. The number of thioether (sulfide) groups is 1. The van der Waals surface area contributed by atoms with Gasteiger partial charge in [-0.05, 0) is 26.2 Å². The lowest BCUT2D eigenvalue weighted by Crippen LogP contribution is -2.63. The molecule has 0 spiro atoms. The number of β-lactam (4-membered cyclic amide) rings is 1. The van der Waals surface area contributed by atoms with Crippen LogP contribution in [0.15, 0.2) is 10.6 Å². The number of hydrogen-bond donors (Lipinski definition) is 5. The molecule has 0 aromatic carbocycles. The number of aliphatic hydroxyl groups is 1. The highest BCUT2D eigenvalue weighted by molar-refractivity contribution is 8.03. The Hall–Kier alpha value is -1.78. The number of carboxylic acids is 1. The number of nitrogens with one attached hydrogen (secondary N) is 2. The number of carboxylic acid groups (broad SMARTS) is 1. The smallest absolute Gasteiger partial charge is 0.353 e. The largest absolute Gasteiger partial charge is 0.477 e. The Labute approximate surface area is 174 Å². The van der Waals surface area contributed by atoms with Crippen LogP contribution in [0.3, 0.4) is 0 Å². The lowest BCUT2D eigenvalue weighted by molar-refractivity contribution is -0.163. The van der Waals surface area contributed by atoms with Gasteiger partial charge < -0.3 is 26.2 Å². The molecule has 10 heteroatoms. The van der Waals surface area contributed by atoms with Gasteiger partial charge in [-0.2, -0.15) is 0 Å². The van der Waals surface area contributed by atoms with Gasteiger partial charge in [-0.25, -0.2) is 4.79 Å². The van der Waals surface area contributed by atoms with Crippen LogP contribution in [0, 0.1) is 17.2 Å². The normalized spacial score (nSPS) is 35.9. The van der Waals surface area contributed by atoms with E-state index < -0.39 is 18.0 Å². The van der Waals surface area contributed by atoms with E-state index >= 15 is 0 Å². The Balaban J connectivity index is 1.37. The molecule has 29 heavy (non-hydrogen) atoms. The number of nitrogens with zero attached hydrogens (tertiary/aromatic N) is 2. The van der Waals surface area contributed by atoms with Gasteiger partial charge >= 0.3 is 5.97 Å². The standard InChI is InChI=1S/C19H29N5O4S/c1-8-14-13(9(2)25)17(26)24(14)15(18(27)28)16(8)29-12-6-23(7-12)11-4-3-10(5-11)22-19(20)21/h8-14,25H,3-7H2,1-2H3,(H,27,28)(H4,20,21,22)/t8-,9-,10-,11-,13-,14-/m1/s1. The number of hydrogen-bond acceptors (Lipinski definition) is 6. The number of guanidine groups is 1. The third-order valence-electron chi connectivity index (χ3n) is 6.76. The maximum absolute atomic E-state index is 12.4. The van der Waals surface area contributed by atoms with Crippen molar-refractivity contribution >= 4 is 29.6 Å². The van der Waals surface area contributed by atoms with Crippen LogP contribution in [0.2, 0.25) is 0 Å². The van der Waals surface area contributed by atoms with Gasteiger partial charge in [-0.3, -0.25) is 15.1 Å². The van der Waals surface area contributed by atoms with E-state index in [0.29, 0.717) is 11.3 Å². The van der Waals surface area contributed by atoms with Gasteiger partial charge in [-0.1, -0.05) is 6.92 Å². The van der Waals surface area contributed by atoms with Gasteiger partial charge in [0.15, 0.2) is 5.96 Å². The van der Waals surface area contributed by atoms with Crippen LogP contribution in [-0.2, 0) is 9.59 Å². The topological polar surface area (TPSA) is 143 Å². The molecular weight excluding hydrogens is 394 g/mol. The lowest BCUT2D eigenvalue weighted by atomic mass is 9.79. The summed E-state index contributed by atoms with van der Waals surface area (Å²) in [4.78, 5) is 28.9. The number of likely N-dealkylation sites (tertiary alicyclic amines) is 1. The predicted molar refractivity (Wildman–Crippen MR) is 109 cm³/mol. The van der Waals surface area contributed by atoms with Gasteiger partial charge in [0, 0.05) is 41.2 Å². The number of amides is 1. The molecule has 0 aromatic rings. The van der Waals surface area contributed by atoms with Crippen molar-refractivity contribution in [3.63, 3.8) is 0 Å². The van der Waals surface area contributed by atoms with Crippen molar-refractivity contribution in [2.75, 3.05) is 13.1 Å². The first kappa shape index (κ1) is 20.5. The number of carbonyl (C=O) groups excluding carboxylic acids is 1. The third-order valence-corrected chi connectivity index (χ3v) is 8.21. The number of aliphatic carboxylic acids is 1. The molecule has 1 aliphatic carbocycles. The summed E-state index contributed by atoms with van der Waals surface area (Å²) in [5, 5.41) is 30.3. The highest BCUT2D eigenvalue weighted by Crippen LogP contribution is 2.52. The molecule has 3 heterocycles. The van der Waals surface area contributed by atoms with Gasteiger partial charge in [0.2, 0.25) is 5.91 Å². The minimum atomic E-state index is -1.07. The molecule has 2 saturated heterocycles. The Bertz CT molecular complexity index is 766. The average molecular weight is 424 g/mol. The molecule has 3 fully saturated rings. The van der Waals surface area contributed by atoms with E-state index in [0.717, 1.165) is 37.3 Å². The number of aliphatic hydroxyl groups excluding tert-OH is 1. The van der Waals surface area contributed by atoms with E-state index in [1.807, 2.05) is 6.92 Å². The van der Waals surface area contributed by atoms with Gasteiger partial charge in [0.25, 0.3) is 0 Å². The molecule has 1 saturated carbocycles. The number of carbonyl (C=O) groups is 2. The Kier molecular flexibility index (Phi) is 5.28. The molecular formula is C19H29N5O4S. The van der Waals surface area contributed by atoms with Crippen LogP contribution in [0.4, 0.5) is 0 Å². The molecule has 0 unspecified atom stereocenters. The maximum atomic E-state index is 12.4. The molecule has 1 amide bonds. The zero-order valence-corrected chi connectivity index (χ0v) is 17.5. The quantitative estimate of drug-likeness (QED) is 0.228. The highest BCUT2D eigenvalue weighted by Gasteiger charge is 2.60. The Morgan fingerprint density at radius 1 is 1.38 bits per heavy atom. The molecule has 0 aromatic heterocycles. The summed E-state index contributed by atoms with van der Waals surface area (Å²) >= 11 is 1.59. The molecule has 3 aliphatic heterocycles. The van der Waals surface area contributed by atoms with Crippen molar-refractivity contribution in [2.24, 2.45) is 17.6 Å². The van der Waals surface area contributed by atoms with Crippen LogP contribution in [0.1, 0.15) is 33.1 Å². The van der Waals surface area contributed by atoms with Crippen molar-refractivity contribution in [1.82, 2.24) is 15.1 Å². The summed E-state index contributed by atoms with van der Waals surface area (Å²) in [5.74, 6) is -1.92. The van der Waals surface area contributed by atoms with Crippen molar-refractivity contribution in [1.29, 1.82) is 5.41 Å². The molecule has 160 valence electrons. The fraction of sp³-hybridized carbons (Fsp3) is 0.737. The summed E-state index contributed by atoms with van der Waals surface area (Å²) in [6, 6.07) is 0.478. The van der Waals surface area contributed by atoms with Crippen LogP contribution in [0.5, 0.6) is 0 Å². The number of rotatable bonds is 6. The van der Waals surface area contributed by atoms with Gasteiger partial charge in [0.05, 0.1) is 18.1 Å². The third kappa shape index (κ3) is 3.40. The van der Waals surface area contributed by atoms with E-state index in [1.165, 1.54) is 4.90 Å². The van der Waals surface area contributed by atoms with Crippen LogP contribution in [0.25, 0.3) is 0 Å². The summed E-state index contributed by atoms with van der Waals surface area (Å²) in [5.41, 5.74) is 5.54. The first-order valence-electron chi connectivity index (χ1n) is 10.2. The summed E-state index contributed by atoms with van der Waals surface area (Å²) in [6.07, 6.45) is 2.27. The molecule has 4 rings (SSSR count). The second kappa shape index (κ2) is 7.48. The zero-order chi connectivity index (χ0) is 21.0. The van der Waals surface area contributed by atoms with Crippen molar-refractivity contribution in [3.05, 3.63) is 10.6 Å². The van der Waals surface area contributed by atoms with Crippen LogP contribution < -0.4 is 11.1 Å². The van der Waals surface area contributed by atoms with Crippen molar-refractivity contribution in [3.8, 4) is 0 Å². The van der Waals surface area contributed by atoms with E-state index in [4.69, 9.17) is 11.1 Å². The van der Waals surface area contributed by atoms with Crippen LogP contribution >= 0.6 is 11.8 Å². The maximum Gasteiger partial charge on any atom is 0.353 e. The minimum Gasteiger partial charge on any atom is -0.477 e. The Morgan fingerprint density at radius 3 is 2.66 bits per heavy atom. The SMILES string of the molecule is C[C@@H](O)[C@H]1C(=O)N2C(C(=O)O)=C(SC3CN([C@@H]4CC[C@@H](NC(=N)N)C4)C3)[C@H](C)[C@H]12. The summed E-state index contributed by atoms with van der Waals surface area (Å²) in [6.45, 7) is 5.34. The van der Waals surface area contributed by atoms with Crippen LogP contribution in [-0.4, -0.2) is 80.4 Å². The first-order valence-corrected chi connectivity index (χ1v) is 11.1. The first-order chi connectivity index (χ1) is 13.7. The number of nitrogens with two attached hydrogens (primary N) is 1. The second-order valence-corrected chi connectivity index (χ2v) is 10.0. The fourth-order valence-electron chi connectivity index (χ4n) is 5.34. The molecule has 4 aliphatic rings. The van der Waals surface area contributed by atoms with Gasteiger partial charge in [-0.15, -0.1) is 11.8 Å². The molecule has 9 nitrogen and oxygen atoms in total. The van der Waals surface area contributed by atoms with E-state index in [2.05, 4.69) is 10.2 Å². The monoisotopic (exact) mass is 423 g/mol. The van der Waals surface area contributed by atoms with E-state index in [1.54, 1.807) is 18.7 Å². The average Bonchev–Trinajstić information content (AvgIpc) is 3.11. The number of fused-ring (bicyclic) bond motifs is 1. The summed E-state index contributed by atoms with van der Waals surface area (Å²) < 4.78 is 0. The van der Waals surface area contributed by atoms with Crippen molar-refractivity contribution in [2.45, 2.75) is 62.6 Å². The molecule has 6 atom stereocenters. The lowest BCUT2D eigenvalue weighted by Gasteiger charge is -2.46. The predicted octanol–water partition coefficient (Wildman–Crippen LogP) is -0.0383. The Morgan fingerprint density at radius 2 is 2.07 bits per heavy atom. The van der Waals surface area contributed by atoms with E-state index in [-0.39, 0.29) is 35.6 Å². The second-order valence-electron chi connectivity index (χ2n) is 8.69. The molecule has 6 N–H and O–H groups in total.